The molecule has 0 aliphatic carbocycles. The monoisotopic (exact) mass is 197 g/mol. The van der Waals surface area contributed by atoms with Gasteiger partial charge in [0.1, 0.15) is 0 Å². The van der Waals surface area contributed by atoms with Crippen molar-refractivity contribution >= 4 is 17.5 Å². The van der Waals surface area contributed by atoms with E-state index >= 15 is 0 Å². The predicted octanol–water partition coefficient (Wildman–Crippen LogP) is 2.54. The van der Waals surface area contributed by atoms with Crippen LogP contribution in [0, 0.1) is 0 Å². The zero-order valence-electron chi connectivity index (χ0n) is 7.67. The molecule has 0 aromatic heterocycles. The highest BCUT2D eigenvalue weighted by molar-refractivity contribution is 6.30. The lowest BCUT2D eigenvalue weighted by Gasteiger charge is -2.12. The quantitative estimate of drug-likeness (QED) is 0.776. The Morgan fingerprint density at radius 3 is 2.38 bits per heavy atom. The van der Waals surface area contributed by atoms with Gasteiger partial charge in [-0.3, -0.25) is 4.79 Å². The lowest BCUT2D eigenvalue weighted by molar-refractivity contribution is -0.119. The van der Waals surface area contributed by atoms with Crippen LogP contribution in [0.15, 0.2) is 24.3 Å². The van der Waals surface area contributed by atoms with E-state index < -0.39 is 0 Å². The number of carbonyl (C=O) groups excluding carboxylic acids is 1. The van der Waals surface area contributed by atoms with Crippen molar-refractivity contribution in [2.45, 2.75) is 19.9 Å². The summed E-state index contributed by atoms with van der Waals surface area (Å²) in [5, 5.41) is 3.50. The van der Waals surface area contributed by atoms with E-state index in [0.717, 1.165) is 5.56 Å². The maximum Gasteiger partial charge on any atom is 0.217 e. The first-order valence-electron chi connectivity index (χ1n) is 4.12. The molecule has 0 fully saturated rings. The highest BCUT2D eigenvalue weighted by atomic mass is 35.5. The van der Waals surface area contributed by atoms with E-state index in [1.165, 1.54) is 6.92 Å². The third kappa shape index (κ3) is 3.07. The SMILES string of the molecule is CC(=O)NC(C)c1ccc(Cl)cc1. The van der Waals surface area contributed by atoms with Crippen molar-refractivity contribution in [3.05, 3.63) is 34.9 Å². The summed E-state index contributed by atoms with van der Waals surface area (Å²) in [5.41, 5.74) is 1.06. The summed E-state index contributed by atoms with van der Waals surface area (Å²) in [7, 11) is 0. The van der Waals surface area contributed by atoms with E-state index in [-0.39, 0.29) is 11.9 Å². The maximum absolute atomic E-state index is 10.8. The highest BCUT2D eigenvalue weighted by Crippen LogP contribution is 2.15. The van der Waals surface area contributed by atoms with Crippen molar-refractivity contribution in [1.82, 2.24) is 5.32 Å². The summed E-state index contributed by atoms with van der Waals surface area (Å²) < 4.78 is 0. The molecule has 2 nitrogen and oxygen atoms in total. The predicted molar refractivity (Wildman–Crippen MR) is 53.7 cm³/mol. The normalized spacial score (nSPS) is 12.2. The highest BCUT2D eigenvalue weighted by Gasteiger charge is 2.05. The van der Waals surface area contributed by atoms with Gasteiger partial charge in [0, 0.05) is 11.9 Å². The van der Waals surface area contributed by atoms with Gasteiger partial charge in [-0.1, -0.05) is 23.7 Å². The number of nitrogens with one attached hydrogen (secondary N) is 1. The molecule has 0 saturated carbocycles. The Hall–Kier alpha value is -1.02. The van der Waals surface area contributed by atoms with Gasteiger partial charge in [0.25, 0.3) is 0 Å². The number of rotatable bonds is 2. The van der Waals surface area contributed by atoms with Crippen LogP contribution >= 0.6 is 11.6 Å². The molecule has 70 valence electrons. The minimum absolute atomic E-state index is 0.0255. The van der Waals surface area contributed by atoms with Gasteiger partial charge in [0.15, 0.2) is 0 Å². The molecule has 0 saturated heterocycles. The Labute approximate surface area is 82.9 Å². The van der Waals surface area contributed by atoms with Crippen molar-refractivity contribution in [2.24, 2.45) is 0 Å². The largest absolute Gasteiger partial charge is 0.350 e. The van der Waals surface area contributed by atoms with E-state index in [1.807, 2.05) is 31.2 Å². The molecule has 13 heavy (non-hydrogen) atoms. The second-order valence-corrected chi connectivity index (χ2v) is 3.41. The van der Waals surface area contributed by atoms with Crippen LogP contribution in [0.1, 0.15) is 25.5 Å². The Balaban J connectivity index is 2.71. The van der Waals surface area contributed by atoms with Crippen LogP contribution in [-0.2, 0) is 4.79 Å². The Kier molecular flexibility index (Phi) is 3.32. The van der Waals surface area contributed by atoms with Gasteiger partial charge in [-0.15, -0.1) is 0 Å². The molecule has 0 aliphatic rings. The number of hydrogen-bond donors (Lipinski definition) is 1. The molecular weight excluding hydrogens is 186 g/mol. The van der Waals surface area contributed by atoms with Gasteiger partial charge in [-0.2, -0.15) is 0 Å². The number of hydrogen-bond acceptors (Lipinski definition) is 1. The lowest BCUT2D eigenvalue weighted by atomic mass is 10.1. The second kappa shape index (κ2) is 4.28. The Morgan fingerprint density at radius 2 is 1.92 bits per heavy atom. The number of carbonyl (C=O) groups is 1. The van der Waals surface area contributed by atoms with Crippen LogP contribution in [0.4, 0.5) is 0 Å². The smallest absolute Gasteiger partial charge is 0.217 e. The summed E-state index contributed by atoms with van der Waals surface area (Å²) in [5.74, 6) is -0.0255. The van der Waals surface area contributed by atoms with Crippen LogP contribution in [0.5, 0.6) is 0 Å². The van der Waals surface area contributed by atoms with Crippen molar-refractivity contribution in [3.8, 4) is 0 Å². The van der Waals surface area contributed by atoms with E-state index in [4.69, 9.17) is 11.6 Å². The van der Waals surface area contributed by atoms with E-state index in [0.29, 0.717) is 5.02 Å². The second-order valence-electron chi connectivity index (χ2n) is 2.97. The first kappa shape index (κ1) is 10.1. The molecule has 3 heteroatoms. The molecule has 1 N–H and O–H groups in total. The van der Waals surface area contributed by atoms with Crippen molar-refractivity contribution in [1.29, 1.82) is 0 Å². The van der Waals surface area contributed by atoms with Gasteiger partial charge in [0.2, 0.25) is 5.91 Å². The summed E-state index contributed by atoms with van der Waals surface area (Å²) in [4.78, 5) is 10.8. The van der Waals surface area contributed by atoms with Crippen LogP contribution in [0.3, 0.4) is 0 Å². The molecule has 0 bridgehead atoms. The van der Waals surface area contributed by atoms with Crippen molar-refractivity contribution in [2.75, 3.05) is 0 Å². The van der Waals surface area contributed by atoms with Gasteiger partial charge in [0.05, 0.1) is 6.04 Å². The minimum atomic E-state index is -0.0255. The van der Waals surface area contributed by atoms with E-state index in [9.17, 15) is 4.79 Å². The van der Waals surface area contributed by atoms with Crippen LogP contribution in [0.25, 0.3) is 0 Å². The molecule has 1 rings (SSSR count). The number of halogens is 1. The third-order valence-electron chi connectivity index (χ3n) is 1.79. The van der Waals surface area contributed by atoms with Crippen LogP contribution < -0.4 is 5.32 Å². The first-order chi connectivity index (χ1) is 6.09. The minimum Gasteiger partial charge on any atom is -0.350 e. The molecular formula is C10H12ClNO. The molecule has 0 heterocycles. The van der Waals surface area contributed by atoms with Crippen molar-refractivity contribution < 1.29 is 4.79 Å². The summed E-state index contributed by atoms with van der Waals surface area (Å²) in [6.07, 6.45) is 0. The molecule has 1 atom stereocenters. The number of amides is 1. The molecule has 0 radical (unpaired) electrons. The lowest BCUT2D eigenvalue weighted by Crippen LogP contribution is -2.23. The fourth-order valence-corrected chi connectivity index (χ4v) is 1.27. The van der Waals surface area contributed by atoms with Gasteiger partial charge < -0.3 is 5.32 Å². The van der Waals surface area contributed by atoms with Gasteiger partial charge in [-0.05, 0) is 24.6 Å². The standard InChI is InChI=1S/C10H12ClNO/c1-7(12-8(2)13)9-3-5-10(11)6-4-9/h3-7H,1-2H3,(H,12,13). The number of benzene rings is 1. The van der Waals surface area contributed by atoms with Crippen LogP contribution in [0.2, 0.25) is 5.02 Å². The fourth-order valence-electron chi connectivity index (χ4n) is 1.14. The zero-order chi connectivity index (χ0) is 9.84. The van der Waals surface area contributed by atoms with Gasteiger partial charge >= 0.3 is 0 Å². The topological polar surface area (TPSA) is 29.1 Å². The van der Waals surface area contributed by atoms with Crippen LogP contribution in [-0.4, -0.2) is 5.91 Å². The zero-order valence-corrected chi connectivity index (χ0v) is 8.43. The third-order valence-corrected chi connectivity index (χ3v) is 2.04. The van der Waals surface area contributed by atoms with E-state index in [1.54, 1.807) is 0 Å². The van der Waals surface area contributed by atoms with Gasteiger partial charge in [-0.25, -0.2) is 0 Å². The molecule has 1 aromatic rings. The molecule has 1 amide bonds. The molecule has 1 unspecified atom stereocenters. The van der Waals surface area contributed by atoms with E-state index in [2.05, 4.69) is 5.32 Å². The first-order valence-corrected chi connectivity index (χ1v) is 4.50. The van der Waals surface area contributed by atoms with Crippen molar-refractivity contribution in [3.63, 3.8) is 0 Å². The Bertz CT molecular complexity index is 294. The fraction of sp³-hybridized carbons (Fsp3) is 0.300. The molecule has 0 spiro atoms. The average Bonchev–Trinajstić information content (AvgIpc) is 2.04. The summed E-state index contributed by atoms with van der Waals surface area (Å²) in [6.45, 7) is 3.44. The average molecular weight is 198 g/mol. The Morgan fingerprint density at radius 1 is 1.38 bits per heavy atom. The summed E-state index contributed by atoms with van der Waals surface area (Å²) in [6, 6.07) is 7.48. The molecule has 1 aromatic carbocycles. The maximum atomic E-state index is 10.8. The summed E-state index contributed by atoms with van der Waals surface area (Å²) >= 11 is 5.73. The molecule has 0 aliphatic heterocycles.